The van der Waals surface area contributed by atoms with E-state index < -0.39 is 0 Å². The van der Waals surface area contributed by atoms with E-state index in [1.165, 1.54) is 0 Å². The molecule has 0 saturated heterocycles. The Morgan fingerprint density at radius 1 is 1.62 bits per heavy atom. The Bertz CT molecular complexity index is 174. The quantitative estimate of drug-likeness (QED) is 0.538. The van der Waals surface area contributed by atoms with E-state index in [4.69, 9.17) is 16.0 Å². The minimum Gasteiger partial charge on any atom is -0.424 e. The highest BCUT2D eigenvalue weighted by atomic mass is 35.5. The highest BCUT2D eigenvalue weighted by Gasteiger charge is 1.96. The van der Waals surface area contributed by atoms with E-state index in [9.17, 15) is 0 Å². The lowest BCUT2D eigenvalue weighted by Crippen LogP contribution is -1.73. The molecule has 0 atom stereocenters. The van der Waals surface area contributed by atoms with Crippen LogP contribution in [0, 0.1) is 6.92 Å². The molecule has 0 spiro atoms. The van der Waals surface area contributed by atoms with Crippen molar-refractivity contribution >= 4 is 11.6 Å². The average molecular weight is 133 g/mol. The zero-order chi connectivity index (χ0) is 5.98. The van der Waals surface area contributed by atoms with Crippen LogP contribution in [0.1, 0.15) is 11.8 Å². The van der Waals surface area contributed by atoms with Crippen LogP contribution in [0.15, 0.2) is 4.42 Å². The molecular weight excluding hydrogens is 128 g/mol. The minimum absolute atomic E-state index is 0.292. The van der Waals surface area contributed by atoms with Crippen LogP contribution in [0.2, 0.25) is 0 Å². The summed E-state index contributed by atoms with van der Waals surface area (Å²) < 4.78 is 4.88. The number of aryl methyl sites for hydroxylation is 1. The molecule has 1 aromatic rings. The summed E-state index contributed by atoms with van der Waals surface area (Å²) in [6.45, 7) is 1.73. The highest BCUT2D eigenvalue weighted by molar-refractivity contribution is 6.16. The summed E-state index contributed by atoms with van der Waals surface area (Å²) in [6.07, 6.45) is 0. The first-order valence-corrected chi connectivity index (χ1v) is 2.71. The molecule has 0 amide bonds. The monoisotopic (exact) mass is 132 g/mol. The Hall–Kier alpha value is -0.570. The van der Waals surface area contributed by atoms with Crippen molar-refractivity contribution < 1.29 is 4.42 Å². The number of nitrogens with zero attached hydrogens (tertiary/aromatic N) is 2. The number of aromatic nitrogens is 2. The lowest BCUT2D eigenvalue weighted by Gasteiger charge is -1.76. The summed E-state index contributed by atoms with van der Waals surface area (Å²) in [7, 11) is 0. The molecule has 0 bridgehead atoms. The normalized spacial score (nSPS) is 9.75. The van der Waals surface area contributed by atoms with Gasteiger partial charge in [-0.1, -0.05) is 0 Å². The Kier molecular flexibility index (Phi) is 1.48. The SMILES string of the molecule is Cc1nnc(CCl)o1. The van der Waals surface area contributed by atoms with Gasteiger partial charge in [0.1, 0.15) is 5.88 Å². The van der Waals surface area contributed by atoms with Gasteiger partial charge in [-0.25, -0.2) is 0 Å². The Morgan fingerprint density at radius 3 is 2.62 bits per heavy atom. The van der Waals surface area contributed by atoms with Crippen molar-refractivity contribution in [3.8, 4) is 0 Å². The first-order chi connectivity index (χ1) is 3.83. The second-order valence-corrected chi connectivity index (χ2v) is 1.62. The van der Waals surface area contributed by atoms with Gasteiger partial charge in [0.2, 0.25) is 11.8 Å². The molecule has 0 radical (unpaired) electrons. The van der Waals surface area contributed by atoms with Crippen LogP contribution >= 0.6 is 11.6 Å². The fourth-order valence-corrected chi connectivity index (χ4v) is 0.500. The highest BCUT2D eigenvalue weighted by Crippen LogP contribution is 1.99. The molecule has 0 aliphatic carbocycles. The van der Waals surface area contributed by atoms with E-state index in [-0.39, 0.29) is 0 Å². The minimum atomic E-state index is 0.292. The number of rotatable bonds is 1. The fourth-order valence-electron chi connectivity index (χ4n) is 0.392. The van der Waals surface area contributed by atoms with Crippen LogP contribution in [0.5, 0.6) is 0 Å². The molecule has 0 saturated carbocycles. The summed E-state index contributed by atoms with van der Waals surface area (Å²) in [5.74, 6) is 1.32. The van der Waals surface area contributed by atoms with E-state index >= 15 is 0 Å². The van der Waals surface area contributed by atoms with Gasteiger partial charge in [0.15, 0.2) is 0 Å². The standard InChI is InChI=1S/C4H5ClN2O/c1-3-6-7-4(2-5)8-3/h2H2,1H3. The second-order valence-electron chi connectivity index (χ2n) is 1.35. The lowest BCUT2D eigenvalue weighted by molar-refractivity contribution is 0.484. The maximum absolute atomic E-state index is 5.34. The summed E-state index contributed by atoms with van der Waals surface area (Å²) in [4.78, 5) is 0. The molecule has 1 rings (SSSR count). The Labute approximate surface area is 51.7 Å². The third kappa shape index (κ3) is 0.980. The van der Waals surface area contributed by atoms with E-state index in [2.05, 4.69) is 10.2 Å². The van der Waals surface area contributed by atoms with Gasteiger partial charge in [-0.15, -0.1) is 21.8 Å². The first-order valence-electron chi connectivity index (χ1n) is 2.18. The number of hydrogen-bond acceptors (Lipinski definition) is 3. The van der Waals surface area contributed by atoms with Crippen LogP contribution in [0.4, 0.5) is 0 Å². The zero-order valence-corrected chi connectivity index (χ0v) is 5.14. The van der Waals surface area contributed by atoms with Crippen LogP contribution < -0.4 is 0 Å². The maximum atomic E-state index is 5.34. The van der Waals surface area contributed by atoms with Crippen molar-refractivity contribution in [1.29, 1.82) is 0 Å². The van der Waals surface area contributed by atoms with E-state index in [1.807, 2.05) is 0 Å². The summed E-state index contributed by atoms with van der Waals surface area (Å²) in [6, 6.07) is 0. The van der Waals surface area contributed by atoms with Gasteiger partial charge >= 0.3 is 0 Å². The molecule has 3 nitrogen and oxygen atoms in total. The van der Waals surface area contributed by atoms with Crippen LogP contribution in [-0.4, -0.2) is 10.2 Å². The Balaban J connectivity index is 2.84. The fraction of sp³-hybridized carbons (Fsp3) is 0.500. The molecule has 0 aromatic carbocycles. The predicted octanol–water partition coefficient (Wildman–Crippen LogP) is 1.12. The zero-order valence-electron chi connectivity index (χ0n) is 4.39. The molecule has 0 aliphatic rings. The second kappa shape index (κ2) is 2.13. The average Bonchev–Trinajstić information content (AvgIpc) is 2.14. The van der Waals surface area contributed by atoms with Gasteiger partial charge in [-0.2, -0.15) is 0 Å². The van der Waals surface area contributed by atoms with Crippen molar-refractivity contribution in [2.45, 2.75) is 12.8 Å². The topological polar surface area (TPSA) is 38.9 Å². The van der Waals surface area contributed by atoms with Crippen LogP contribution in [0.3, 0.4) is 0 Å². The van der Waals surface area contributed by atoms with Crippen molar-refractivity contribution in [3.63, 3.8) is 0 Å². The largest absolute Gasteiger partial charge is 0.424 e. The number of halogens is 1. The van der Waals surface area contributed by atoms with E-state index in [0.29, 0.717) is 17.7 Å². The van der Waals surface area contributed by atoms with Crippen molar-refractivity contribution in [2.75, 3.05) is 0 Å². The van der Waals surface area contributed by atoms with Gasteiger partial charge in [0, 0.05) is 6.92 Å². The predicted molar refractivity (Wildman–Crippen MR) is 28.6 cm³/mol. The molecule has 1 heterocycles. The van der Waals surface area contributed by atoms with Crippen molar-refractivity contribution in [1.82, 2.24) is 10.2 Å². The molecule has 8 heavy (non-hydrogen) atoms. The number of hydrogen-bond donors (Lipinski definition) is 0. The molecule has 4 heteroatoms. The molecule has 0 unspecified atom stereocenters. The van der Waals surface area contributed by atoms with E-state index in [1.54, 1.807) is 6.92 Å². The molecular formula is C4H5ClN2O. The lowest BCUT2D eigenvalue weighted by atomic mass is 10.8. The van der Waals surface area contributed by atoms with Gasteiger partial charge < -0.3 is 4.42 Å². The number of alkyl halides is 1. The smallest absolute Gasteiger partial charge is 0.231 e. The molecule has 44 valence electrons. The first kappa shape index (κ1) is 5.56. The van der Waals surface area contributed by atoms with Crippen LogP contribution in [0.25, 0.3) is 0 Å². The third-order valence-electron chi connectivity index (χ3n) is 0.682. The van der Waals surface area contributed by atoms with E-state index in [0.717, 1.165) is 0 Å². The van der Waals surface area contributed by atoms with Crippen molar-refractivity contribution in [3.05, 3.63) is 11.8 Å². The molecule has 0 aliphatic heterocycles. The maximum Gasteiger partial charge on any atom is 0.231 e. The molecule has 0 N–H and O–H groups in total. The summed E-state index contributed by atoms with van der Waals surface area (Å²) >= 11 is 5.34. The van der Waals surface area contributed by atoms with Gasteiger partial charge in [-0.05, 0) is 0 Å². The summed E-state index contributed by atoms with van der Waals surface area (Å²) in [5, 5.41) is 7.17. The third-order valence-corrected chi connectivity index (χ3v) is 0.911. The summed E-state index contributed by atoms with van der Waals surface area (Å²) in [5.41, 5.74) is 0. The molecule has 0 fully saturated rings. The Morgan fingerprint density at radius 2 is 2.38 bits per heavy atom. The van der Waals surface area contributed by atoms with Gasteiger partial charge in [-0.3, -0.25) is 0 Å². The van der Waals surface area contributed by atoms with Gasteiger partial charge in [0.05, 0.1) is 0 Å². The molecule has 1 aromatic heterocycles. The van der Waals surface area contributed by atoms with Gasteiger partial charge in [0.25, 0.3) is 0 Å². The van der Waals surface area contributed by atoms with Crippen molar-refractivity contribution in [2.24, 2.45) is 0 Å². The van der Waals surface area contributed by atoms with Crippen LogP contribution in [-0.2, 0) is 5.88 Å².